The van der Waals surface area contributed by atoms with Crippen molar-refractivity contribution < 1.29 is 9.90 Å². The Balaban J connectivity index is 2.45. The number of anilines is 1. The fourth-order valence-corrected chi connectivity index (χ4v) is 1.81. The van der Waals surface area contributed by atoms with E-state index in [1.807, 2.05) is 19.9 Å². The maximum atomic E-state index is 11.8. The lowest BCUT2D eigenvalue weighted by Gasteiger charge is -2.24. The molecule has 0 aliphatic rings. The van der Waals surface area contributed by atoms with Crippen molar-refractivity contribution in [2.45, 2.75) is 26.7 Å². The minimum atomic E-state index is -0.294. The third kappa shape index (κ3) is 5.72. The fraction of sp³-hybridized carbons (Fsp3) is 0.467. The third-order valence-corrected chi connectivity index (χ3v) is 2.99. The topological polar surface area (TPSA) is 85.2 Å². The van der Waals surface area contributed by atoms with Crippen LogP contribution in [0.2, 0.25) is 0 Å². The van der Waals surface area contributed by atoms with Gasteiger partial charge in [-0.15, -0.1) is 0 Å². The summed E-state index contributed by atoms with van der Waals surface area (Å²) in [5.74, 6) is 0. The van der Waals surface area contributed by atoms with Gasteiger partial charge in [0, 0.05) is 18.8 Å². The molecule has 0 aromatic heterocycles. The molecule has 0 heterocycles. The molecule has 1 rings (SSSR count). The van der Waals surface area contributed by atoms with Crippen molar-refractivity contribution in [1.82, 2.24) is 5.32 Å². The van der Waals surface area contributed by atoms with Crippen LogP contribution in [0.5, 0.6) is 0 Å². The summed E-state index contributed by atoms with van der Waals surface area (Å²) in [4.78, 5) is 11.8. The van der Waals surface area contributed by atoms with E-state index in [1.54, 1.807) is 24.3 Å². The molecule has 5 nitrogen and oxygen atoms in total. The number of hydrogen-bond donors (Lipinski definition) is 3. The van der Waals surface area contributed by atoms with Crippen molar-refractivity contribution in [1.29, 1.82) is 5.26 Å². The van der Waals surface area contributed by atoms with Gasteiger partial charge in [0.1, 0.15) is 0 Å². The van der Waals surface area contributed by atoms with Crippen molar-refractivity contribution in [3.8, 4) is 6.07 Å². The average molecular weight is 275 g/mol. The molecule has 0 saturated heterocycles. The molecule has 1 aromatic carbocycles. The number of hydrogen-bond acceptors (Lipinski definition) is 3. The Bertz CT molecular complexity index is 492. The summed E-state index contributed by atoms with van der Waals surface area (Å²) in [5, 5.41) is 23.1. The summed E-state index contributed by atoms with van der Waals surface area (Å²) < 4.78 is 0. The van der Waals surface area contributed by atoms with E-state index in [2.05, 4.69) is 10.6 Å². The maximum absolute atomic E-state index is 11.8. The lowest BCUT2D eigenvalue weighted by atomic mass is 9.88. The molecule has 3 N–H and O–H groups in total. The summed E-state index contributed by atoms with van der Waals surface area (Å²) >= 11 is 0. The highest BCUT2D eigenvalue weighted by atomic mass is 16.2. The van der Waals surface area contributed by atoms with Crippen LogP contribution in [0.25, 0.3) is 0 Å². The summed E-state index contributed by atoms with van der Waals surface area (Å²) in [6, 6.07) is 8.49. The van der Waals surface area contributed by atoms with Gasteiger partial charge in [-0.2, -0.15) is 5.26 Å². The molecule has 0 radical (unpaired) electrons. The van der Waals surface area contributed by atoms with Crippen molar-refractivity contribution >= 4 is 11.7 Å². The number of amides is 2. The Morgan fingerprint density at radius 3 is 2.85 bits per heavy atom. The van der Waals surface area contributed by atoms with Crippen LogP contribution in [0.4, 0.5) is 10.5 Å². The number of carbonyl (C=O) groups is 1. The van der Waals surface area contributed by atoms with Gasteiger partial charge in [0.15, 0.2) is 0 Å². The van der Waals surface area contributed by atoms with Crippen molar-refractivity contribution in [3.63, 3.8) is 0 Å². The molecule has 0 saturated carbocycles. The highest BCUT2D eigenvalue weighted by Gasteiger charge is 2.18. The first kappa shape index (κ1) is 16.0. The first-order chi connectivity index (χ1) is 9.46. The van der Waals surface area contributed by atoms with Crippen LogP contribution in [0.1, 0.15) is 32.3 Å². The van der Waals surface area contributed by atoms with Crippen LogP contribution in [0.15, 0.2) is 24.3 Å². The van der Waals surface area contributed by atoms with Crippen LogP contribution in [0.3, 0.4) is 0 Å². The average Bonchev–Trinajstić information content (AvgIpc) is 2.43. The number of nitrogens with zero attached hydrogens (tertiary/aromatic N) is 1. The van der Waals surface area contributed by atoms with Gasteiger partial charge in [-0.05, 0) is 36.5 Å². The Labute approximate surface area is 119 Å². The zero-order valence-electron chi connectivity index (χ0n) is 11.9. The second-order valence-electron chi connectivity index (χ2n) is 5.49. The molecule has 0 atom stereocenters. The number of benzene rings is 1. The highest BCUT2D eigenvalue weighted by Crippen LogP contribution is 2.20. The molecule has 0 bridgehead atoms. The molecule has 20 heavy (non-hydrogen) atoms. The van der Waals surface area contributed by atoms with E-state index in [1.165, 1.54) is 0 Å². The highest BCUT2D eigenvalue weighted by molar-refractivity contribution is 5.89. The maximum Gasteiger partial charge on any atom is 0.319 e. The standard InChI is InChI=1S/C15H21N3O2/c1-15(2,7-4-8-19)11-17-14(20)18-13-6-3-5-12(9-13)10-16/h3,5-6,9,19H,4,7-8,11H2,1-2H3,(H2,17,18,20). The van der Waals surface area contributed by atoms with Gasteiger partial charge in [0.2, 0.25) is 0 Å². The first-order valence-corrected chi connectivity index (χ1v) is 6.63. The van der Waals surface area contributed by atoms with Crippen molar-refractivity contribution in [3.05, 3.63) is 29.8 Å². The molecule has 2 amide bonds. The summed E-state index contributed by atoms with van der Waals surface area (Å²) in [6.07, 6.45) is 1.56. The molecule has 0 fully saturated rings. The minimum Gasteiger partial charge on any atom is -0.396 e. The van der Waals surface area contributed by atoms with Gasteiger partial charge < -0.3 is 15.7 Å². The third-order valence-electron chi connectivity index (χ3n) is 2.99. The van der Waals surface area contributed by atoms with Gasteiger partial charge in [0.25, 0.3) is 0 Å². The Kier molecular flexibility index (Phi) is 6.01. The quantitative estimate of drug-likeness (QED) is 0.745. The van der Waals surface area contributed by atoms with E-state index in [0.717, 1.165) is 12.8 Å². The van der Waals surface area contributed by atoms with E-state index in [4.69, 9.17) is 10.4 Å². The molecule has 0 unspecified atom stereocenters. The van der Waals surface area contributed by atoms with Gasteiger partial charge >= 0.3 is 6.03 Å². The summed E-state index contributed by atoms with van der Waals surface area (Å²) in [7, 11) is 0. The monoisotopic (exact) mass is 275 g/mol. The van der Waals surface area contributed by atoms with Gasteiger partial charge in [-0.1, -0.05) is 19.9 Å². The zero-order valence-corrected chi connectivity index (χ0v) is 11.9. The smallest absolute Gasteiger partial charge is 0.319 e. The number of nitrogens with one attached hydrogen (secondary N) is 2. The normalized spacial score (nSPS) is 10.7. The zero-order chi connectivity index (χ0) is 15.0. The fourth-order valence-electron chi connectivity index (χ4n) is 1.81. The minimum absolute atomic E-state index is 0.0609. The van der Waals surface area contributed by atoms with Gasteiger partial charge in [-0.25, -0.2) is 4.79 Å². The van der Waals surface area contributed by atoms with Crippen LogP contribution < -0.4 is 10.6 Å². The number of urea groups is 1. The summed E-state index contributed by atoms with van der Waals surface area (Å²) in [6.45, 7) is 4.77. The van der Waals surface area contributed by atoms with Crippen LogP contribution in [-0.4, -0.2) is 24.3 Å². The van der Waals surface area contributed by atoms with E-state index in [0.29, 0.717) is 17.8 Å². The number of rotatable bonds is 6. The van der Waals surface area contributed by atoms with Gasteiger partial charge in [-0.3, -0.25) is 0 Å². The second kappa shape index (κ2) is 7.51. The number of nitriles is 1. The SMILES string of the molecule is CC(C)(CCCO)CNC(=O)Nc1cccc(C#N)c1. The molecular formula is C15H21N3O2. The van der Waals surface area contributed by atoms with Crippen molar-refractivity contribution in [2.75, 3.05) is 18.5 Å². The molecule has 1 aromatic rings. The molecule has 0 aliphatic heterocycles. The molecular weight excluding hydrogens is 254 g/mol. The molecule has 0 spiro atoms. The van der Waals surface area contributed by atoms with E-state index in [9.17, 15) is 4.79 Å². The van der Waals surface area contributed by atoms with Crippen LogP contribution in [0, 0.1) is 16.7 Å². The summed E-state index contributed by atoms with van der Waals surface area (Å²) in [5.41, 5.74) is 1.04. The first-order valence-electron chi connectivity index (χ1n) is 6.63. The predicted octanol–water partition coefficient (Wildman–Crippen LogP) is 2.48. The molecule has 5 heteroatoms. The Morgan fingerprint density at radius 1 is 1.45 bits per heavy atom. The lowest BCUT2D eigenvalue weighted by molar-refractivity contribution is 0.227. The van der Waals surface area contributed by atoms with Crippen LogP contribution in [-0.2, 0) is 0 Å². The van der Waals surface area contributed by atoms with E-state index >= 15 is 0 Å². The van der Waals surface area contributed by atoms with Crippen LogP contribution >= 0.6 is 0 Å². The van der Waals surface area contributed by atoms with Gasteiger partial charge in [0.05, 0.1) is 11.6 Å². The second-order valence-corrected chi connectivity index (χ2v) is 5.49. The lowest BCUT2D eigenvalue weighted by Crippen LogP contribution is -2.36. The molecule has 108 valence electrons. The van der Waals surface area contributed by atoms with Crippen molar-refractivity contribution in [2.24, 2.45) is 5.41 Å². The Morgan fingerprint density at radius 2 is 2.20 bits per heavy atom. The number of aliphatic hydroxyl groups excluding tert-OH is 1. The molecule has 0 aliphatic carbocycles. The van der Waals surface area contributed by atoms with E-state index in [-0.39, 0.29) is 18.1 Å². The predicted molar refractivity (Wildman–Crippen MR) is 78.3 cm³/mol. The Hall–Kier alpha value is -2.06. The number of aliphatic hydroxyl groups is 1. The van der Waals surface area contributed by atoms with E-state index < -0.39 is 0 Å². The largest absolute Gasteiger partial charge is 0.396 e. The number of carbonyl (C=O) groups excluding carboxylic acids is 1.